The van der Waals surface area contributed by atoms with Crippen molar-refractivity contribution < 1.29 is 17.9 Å². The molecule has 11 heteroatoms. The fourth-order valence-electron chi connectivity index (χ4n) is 5.62. The van der Waals surface area contributed by atoms with Crippen molar-refractivity contribution in [1.29, 1.82) is 0 Å². The molecule has 4 heterocycles. The van der Waals surface area contributed by atoms with Crippen LogP contribution < -0.4 is 14.8 Å². The third kappa shape index (κ3) is 3.67. The first-order valence-electron chi connectivity index (χ1n) is 11.8. The van der Waals surface area contributed by atoms with Crippen LogP contribution in [0.5, 0.6) is 5.88 Å². The number of sulfonamides is 1. The number of rotatable bonds is 4. The van der Waals surface area contributed by atoms with Crippen LogP contribution in [-0.4, -0.2) is 59.9 Å². The number of carbonyl (C=O) groups is 1. The fraction of sp³-hybridized carbons (Fsp3) is 0.591. The van der Waals surface area contributed by atoms with Crippen LogP contribution in [0.3, 0.4) is 0 Å². The van der Waals surface area contributed by atoms with Gasteiger partial charge in [-0.15, -0.1) is 0 Å². The number of carbonyl (C=O) groups excluding carboxylic acids is 1. The Morgan fingerprint density at radius 3 is 2.42 bits per heavy atom. The second-order valence-corrected chi connectivity index (χ2v) is 11.0. The van der Waals surface area contributed by atoms with E-state index in [4.69, 9.17) is 9.72 Å². The molecule has 2 amide bonds. The Morgan fingerprint density at radius 1 is 1.03 bits per heavy atom. The van der Waals surface area contributed by atoms with Gasteiger partial charge in [-0.05, 0) is 75.6 Å². The number of likely N-dealkylation sites (tertiary alicyclic amines) is 1. The topological polar surface area (TPSA) is 118 Å². The SMILES string of the molecule is O=C(Nc1c2c(nc3c1CCC3)CCC2)NS(=O)(=O)c1cnn2c1OCC(N1CCCC1)C2. The van der Waals surface area contributed by atoms with Crippen molar-refractivity contribution in [2.75, 3.05) is 25.0 Å². The van der Waals surface area contributed by atoms with Crippen molar-refractivity contribution in [3.63, 3.8) is 0 Å². The number of hydrogen-bond donors (Lipinski definition) is 2. The molecule has 1 fully saturated rings. The summed E-state index contributed by atoms with van der Waals surface area (Å²) in [7, 11) is -4.14. The summed E-state index contributed by atoms with van der Waals surface area (Å²) in [5, 5.41) is 7.08. The molecular weight excluding hydrogens is 444 g/mol. The Kier molecular flexibility index (Phi) is 5.06. The predicted octanol–water partition coefficient (Wildman–Crippen LogP) is 1.62. The Morgan fingerprint density at radius 2 is 1.73 bits per heavy atom. The molecule has 0 spiro atoms. The van der Waals surface area contributed by atoms with E-state index in [1.165, 1.54) is 19.0 Å². The zero-order valence-electron chi connectivity index (χ0n) is 18.5. The van der Waals surface area contributed by atoms with Gasteiger partial charge >= 0.3 is 6.03 Å². The van der Waals surface area contributed by atoms with E-state index in [-0.39, 0.29) is 16.8 Å². The third-order valence-corrected chi connectivity index (χ3v) is 8.53. The minimum atomic E-state index is -4.14. The zero-order chi connectivity index (χ0) is 22.6. The second-order valence-electron chi connectivity index (χ2n) is 9.31. The normalized spacial score (nSPS) is 21.9. The minimum absolute atomic E-state index is 0.109. The summed E-state index contributed by atoms with van der Waals surface area (Å²) >= 11 is 0. The van der Waals surface area contributed by atoms with Crippen molar-refractivity contribution in [3.05, 3.63) is 28.7 Å². The standard InChI is InChI=1S/C22H28N6O4S/c29-22(25-20-15-5-3-7-17(15)24-18-8-4-6-16(18)20)26-33(30,31)19-11-23-28-12-14(13-32-21(19)28)27-9-1-2-10-27/h11,14H,1-10,12-13H2,(H2,24,25,26,29). The molecule has 2 aromatic heterocycles. The number of amides is 2. The van der Waals surface area contributed by atoms with Crippen molar-refractivity contribution in [1.82, 2.24) is 24.4 Å². The first kappa shape index (κ1) is 20.9. The van der Waals surface area contributed by atoms with Crippen LogP contribution >= 0.6 is 0 Å². The second kappa shape index (κ2) is 7.98. The van der Waals surface area contributed by atoms with Gasteiger partial charge in [0.05, 0.1) is 24.5 Å². The maximum Gasteiger partial charge on any atom is 0.333 e. The summed E-state index contributed by atoms with van der Waals surface area (Å²) in [6.45, 7) is 3.04. The molecule has 0 saturated carbocycles. The summed E-state index contributed by atoms with van der Waals surface area (Å²) in [6.07, 6.45) is 9.10. The molecule has 0 bridgehead atoms. The molecule has 4 aliphatic rings. The summed E-state index contributed by atoms with van der Waals surface area (Å²) in [5.74, 6) is 0.191. The number of nitrogens with zero attached hydrogens (tertiary/aromatic N) is 4. The Hall–Kier alpha value is -2.66. The lowest BCUT2D eigenvalue weighted by Gasteiger charge is -2.31. The van der Waals surface area contributed by atoms with Crippen LogP contribution in [-0.2, 0) is 42.3 Å². The highest BCUT2D eigenvalue weighted by Gasteiger charge is 2.34. The van der Waals surface area contributed by atoms with Gasteiger partial charge in [0.1, 0.15) is 6.61 Å². The van der Waals surface area contributed by atoms with E-state index in [2.05, 4.69) is 20.0 Å². The molecule has 2 N–H and O–H groups in total. The number of ether oxygens (including phenoxy) is 1. The number of aromatic nitrogens is 3. The Balaban J connectivity index is 1.20. The molecular formula is C22H28N6O4S. The quantitative estimate of drug-likeness (QED) is 0.694. The maximum atomic E-state index is 13.0. The van der Waals surface area contributed by atoms with Gasteiger partial charge in [0.15, 0.2) is 4.90 Å². The fourth-order valence-corrected chi connectivity index (χ4v) is 6.61. The summed E-state index contributed by atoms with van der Waals surface area (Å²) in [5.41, 5.74) is 4.89. The number of pyridine rings is 1. The van der Waals surface area contributed by atoms with Gasteiger partial charge in [0, 0.05) is 11.4 Å². The largest absolute Gasteiger partial charge is 0.475 e. The van der Waals surface area contributed by atoms with Crippen molar-refractivity contribution in [3.8, 4) is 5.88 Å². The van der Waals surface area contributed by atoms with Gasteiger partial charge in [-0.3, -0.25) is 9.88 Å². The molecule has 1 atom stereocenters. The van der Waals surface area contributed by atoms with Crippen LogP contribution in [0.4, 0.5) is 10.5 Å². The summed E-state index contributed by atoms with van der Waals surface area (Å²) in [4.78, 5) is 19.8. The number of anilines is 1. The van der Waals surface area contributed by atoms with E-state index >= 15 is 0 Å². The molecule has 0 radical (unpaired) electrons. The Labute approximate surface area is 192 Å². The molecule has 1 saturated heterocycles. The van der Waals surface area contributed by atoms with Crippen LogP contribution in [0.15, 0.2) is 11.1 Å². The van der Waals surface area contributed by atoms with E-state index in [1.54, 1.807) is 4.68 Å². The number of aryl methyl sites for hydroxylation is 2. The van der Waals surface area contributed by atoms with Crippen LogP contribution in [0.1, 0.15) is 48.2 Å². The highest BCUT2D eigenvalue weighted by atomic mass is 32.2. The molecule has 2 aliphatic carbocycles. The van der Waals surface area contributed by atoms with Crippen LogP contribution in [0, 0.1) is 0 Å². The number of fused-ring (bicyclic) bond motifs is 3. The van der Waals surface area contributed by atoms with Gasteiger partial charge in [0.2, 0.25) is 5.88 Å². The van der Waals surface area contributed by atoms with Gasteiger partial charge < -0.3 is 10.1 Å². The van der Waals surface area contributed by atoms with Gasteiger partial charge in [-0.25, -0.2) is 22.6 Å². The monoisotopic (exact) mass is 472 g/mol. The number of urea groups is 1. The average molecular weight is 473 g/mol. The zero-order valence-corrected chi connectivity index (χ0v) is 19.3. The molecule has 0 aromatic carbocycles. The lowest BCUT2D eigenvalue weighted by atomic mass is 10.1. The Bertz CT molecular complexity index is 1190. The number of hydrogen-bond acceptors (Lipinski definition) is 7. The molecule has 10 nitrogen and oxygen atoms in total. The molecule has 176 valence electrons. The lowest BCUT2D eigenvalue weighted by Crippen LogP contribution is -2.44. The molecule has 1 unspecified atom stereocenters. The molecule has 6 rings (SSSR count). The summed E-state index contributed by atoms with van der Waals surface area (Å²) < 4.78 is 35.7. The highest BCUT2D eigenvalue weighted by Crippen LogP contribution is 2.36. The van der Waals surface area contributed by atoms with E-state index in [9.17, 15) is 13.2 Å². The average Bonchev–Trinajstić information content (AvgIpc) is 3.59. The number of nitrogens with one attached hydrogen (secondary N) is 2. The van der Waals surface area contributed by atoms with Crippen molar-refractivity contribution in [2.45, 2.75) is 68.8 Å². The van der Waals surface area contributed by atoms with E-state index in [0.29, 0.717) is 13.2 Å². The first-order valence-corrected chi connectivity index (χ1v) is 13.3. The smallest absolute Gasteiger partial charge is 0.333 e. The maximum absolute atomic E-state index is 13.0. The minimum Gasteiger partial charge on any atom is -0.475 e. The van der Waals surface area contributed by atoms with Crippen LogP contribution in [0.25, 0.3) is 0 Å². The van der Waals surface area contributed by atoms with Gasteiger partial charge in [-0.1, -0.05) is 0 Å². The third-order valence-electron chi connectivity index (χ3n) is 7.22. The van der Waals surface area contributed by atoms with Crippen LogP contribution in [0.2, 0.25) is 0 Å². The van der Waals surface area contributed by atoms with E-state index < -0.39 is 16.1 Å². The first-order chi connectivity index (χ1) is 16.0. The molecule has 2 aromatic rings. The molecule has 2 aliphatic heterocycles. The highest BCUT2D eigenvalue weighted by molar-refractivity contribution is 7.90. The van der Waals surface area contributed by atoms with Crippen molar-refractivity contribution in [2.24, 2.45) is 0 Å². The molecule has 33 heavy (non-hydrogen) atoms. The predicted molar refractivity (Wildman–Crippen MR) is 120 cm³/mol. The van der Waals surface area contributed by atoms with Gasteiger partial charge in [0.25, 0.3) is 10.0 Å². The van der Waals surface area contributed by atoms with E-state index in [0.717, 1.165) is 79.8 Å². The van der Waals surface area contributed by atoms with Crippen molar-refractivity contribution >= 4 is 21.7 Å². The van der Waals surface area contributed by atoms with Gasteiger partial charge in [-0.2, -0.15) is 5.10 Å². The van der Waals surface area contributed by atoms with E-state index in [1.807, 2.05) is 0 Å². The lowest BCUT2D eigenvalue weighted by molar-refractivity contribution is 0.0993. The summed E-state index contributed by atoms with van der Waals surface area (Å²) in [6, 6.07) is -0.585.